The van der Waals surface area contributed by atoms with Crippen LogP contribution in [0.5, 0.6) is 11.5 Å². The number of aromatic nitrogens is 1. The number of ether oxygens (including phenoxy) is 2. The van der Waals surface area contributed by atoms with E-state index in [2.05, 4.69) is 52.3 Å². The van der Waals surface area contributed by atoms with E-state index in [0.29, 0.717) is 11.1 Å². The molecule has 0 unspecified atom stereocenters. The lowest BCUT2D eigenvalue weighted by Gasteiger charge is -2.30. The smallest absolute Gasteiger partial charge is 0.271 e. The van der Waals surface area contributed by atoms with Gasteiger partial charge in [0.15, 0.2) is 4.80 Å². The van der Waals surface area contributed by atoms with Crippen LogP contribution in [-0.2, 0) is 6.42 Å². The molecule has 0 amide bonds. The van der Waals surface area contributed by atoms with Crippen LogP contribution in [0.2, 0.25) is 0 Å². The number of hydrogen-bond donors (Lipinski definition) is 0. The second-order valence-electron chi connectivity index (χ2n) is 9.01. The van der Waals surface area contributed by atoms with Crippen LogP contribution in [0.1, 0.15) is 41.6 Å². The summed E-state index contributed by atoms with van der Waals surface area (Å²) in [6.45, 7) is 2.55. The topological polar surface area (TPSA) is 52.8 Å². The molecule has 1 atom stereocenters. The first kappa shape index (κ1) is 23.9. The Morgan fingerprint density at radius 2 is 1.92 bits per heavy atom. The summed E-state index contributed by atoms with van der Waals surface area (Å²) in [5, 5.41) is 0. The fraction of sp³-hybridized carbons (Fsp3) is 0.200. The van der Waals surface area contributed by atoms with Crippen molar-refractivity contribution < 1.29 is 9.47 Å². The van der Waals surface area contributed by atoms with Crippen LogP contribution in [0.3, 0.4) is 0 Å². The molecule has 0 saturated heterocycles. The zero-order valence-electron chi connectivity index (χ0n) is 20.5. The number of methoxy groups -OCH3 is 1. The van der Waals surface area contributed by atoms with Gasteiger partial charge in [-0.05, 0) is 88.3 Å². The third kappa shape index (κ3) is 4.26. The van der Waals surface area contributed by atoms with Crippen LogP contribution in [-0.4, -0.2) is 18.3 Å². The van der Waals surface area contributed by atoms with E-state index in [0.717, 1.165) is 56.0 Å². The molecule has 5 nitrogen and oxygen atoms in total. The van der Waals surface area contributed by atoms with Gasteiger partial charge >= 0.3 is 0 Å². The van der Waals surface area contributed by atoms with E-state index in [1.165, 1.54) is 22.5 Å². The van der Waals surface area contributed by atoms with Crippen molar-refractivity contribution in [3.8, 4) is 11.5 Å². The van der Waals surface area contributed by atoms with Gasteiger partial charge in [-0.1, -0.05) is 53.8 Å². The Bertz CT molecular complexity index is 1720. The summed E-state index contributed by atoms with van der Waals surface area (Å²) in [5.74, 6) is 1.58. The number of aryl methyl sites for hydroxylation is 1. The van der Waals surface area contributed by atoms with Crippen molar-refractivity contribution in [2.45, 2.75) is 25.8 Å². The summed E-state index contributed by atoms with van der Waals surface area (Å²) in [6, 6.07) is 22.2. The van der Waals surface area contributed by atoms with Crippen molar-refractivity contribution >= 4 is 39.0 Å². The lowest BCUT2D eigenvalue weighted by molar-refractivity contribution is 0.338. The lowest BCUT2D eigenvalue weighted by atomic mass is 9.83. The van der Waals surface area contributed by atoms with Crippen molar-refractivity contribution in [3.63, 3.8) is 0 Å². The molecule has 1 aliphatic carbocycles. The van der Waals surface area contributed by atoms with Gasteiger partial charge in [0.05, 0.1) is 34.5 Å². The Balaban J connectivity index is 1.55. The third-order valence-electron chi connectivity index (χ3n) is 6.86. The number of nitrogens with zero attached hydrogens (tertiary/aromatic N) is 2. The second kappa shape index (κ2) is 9.80. The van der Waals surface area contributed by atoms with Crippen LogP contribution < -0.4 is 24.4 Å². The van der Waals surface area contributed by atoms with Crippen LogP contribution in [0, 0.1) is 0 Å². The van der Waals surface area contributed by atoms with Gasteiger partial charge in [-0.15, -0.1) is 0 Å². The van der Waals surface area contributed by atoms with Crippen molar-refractivity contribution in [3.05, 3.63) is 119 Å². The molecule has 0 radical (unpaired) electrons. The quantitative estimate of drug-likeness (QED) is 0.318. The third-order valence-corrected chi connectivity index (χ3v) is 8.46. The van der Waals surface area contributed by atoms with Gasteiger partial charge in [0, 0.05) is 5.56 Å². The molecule has 2 heterocycles. The molecule has 37 heavy (non-hydrogen) atoms. The highest BCUT2D eigenvalue weighted by atomic mass is 79.9. The number of hydrogen-bond acceptors (Lipinski definition) is 5. The molecule has 7 heteroatoms. The molecule has 0 spiro atoms. The van der Waals surface area contributed by atoms with Gasteiger partial charge in [0.1, 0.15) is 11.5 Å². The fourth-order valence-corrected chi connectivity index (χ4v) is 6.65. The van der Waals surface area contributed by atoms with Crippen LogP contribution >= 0.6 is 27.3 Å². The second-order valence-corrected chi connectivity index (χ2v) is 10.9. The molecule has 0 N–H and O–H groups in total. The molecule has 2 aliphatic rings. The van der Waals surface area contributed by atoms with Crippen molar-refractivity contribution in [2.24, 2.45) is 4.99 Å². The number of fused-ring (bicyclic) bond motifs is 3. The molecule has 6 rings (SSSR count). The van der Waals surface area contributed by atoms with Crippen LogP contribution in [0.4, 0.5) is 0 Å². The predicted octanol–water partition coefficient (Wildman–Crippen LogP) is 5.49. The molecule has 0 bridgehead atoms. The molecule has 3 aromatic carbocycles. The summed E-state index contributed by atoms with van der Waals surface area (Å²) in [4.78, 5) is 19.7. The van der Waals surface area contributed by atoms with Crippen LogP contribution in [0.15, 0.2) is 86.6 Å². The highest BCUT2D eigenvalue weighted by molar-refractivity contribution is 9.10. The minimum absolute atomic E-state index is 0.0278. The van der Waals surface area contributed by atoms with Gasteiger partial charge in [0.25, 0.3) is 5.56 Å². The first-order valence-corrected chi connectivity index (χ1v) is 13.9. The van der Waals surface area contributed by atoms with E-state index in [1.807, 2.05) is 47.9 Å². The normalized spacial score (nSPS) is 16.5. The number of rotatable bonds is 5. The summed E-state index contributed by atoms with van der Waals surface area (Å²) in [6.07, 6.45) is 3.73. The first-order chi connectivity index (χ1) is 18.1. The highest BCUT2D eigenvalue weighted by Crippen LogP contribution is 2.41. The van der Waals surface area contributed by atoms with Crippen molar-refractivity contribution in [1.29, 1.82) is 0 Å². The lowest BCUT2D eigenvalue weighted by Crippen LogP contribution is -2.38. The van der Waals surface area contributed by atoms with Crippen LogP contribution in [0.25, 0.3) is 11.8 Å². The summed E-state index contributed by atoms with van der Waals surface area (Å²) < 4.78 is 14.4. The van der Waals surface area contributed by atoms with Gasteiger partial charge < -0.3 is 9.47 Å². The minimum atomic E-state index is -0.209. The molecule has 0 fully saturated rings. The molecule has 0 saturated carbocycles. The molecule has 1 aliphatic heterocycles. The van der Waals surface area contributed by atoms with Gasteiger partial charge in [-0.2, -0.15) is 0 Å². The largest absolute Gasteiger partial charge is 0.497 e. The van der Waals surface area contributed by atoms with Gasteiger partial charge in [-0.3, -0.25) is 9.36 Å². The minimum Gasteiger partial charge on any atom is -0.497 e. The number of benzene rings is 3. The molecule has 186 valence electrons. The van der Waals surface area contributed by atoms with Crippen molar-refractivity contribution in [2.75, 3.05) is 13.7 Å². The Morgan fingerprint density at radius 3 is 2.68 bits per heavy atom. The maximum atomic E-state index is 13.9. The summed E-state index contributed by atoms with van der Waals surface area (Å²) in [5.41, 5.74) is 6.60. The standard InChI is InChI=1S/C30H25BrN2O3S/c1-3-36-25-15-8-18(16-24(25)31)17-26-29(34)33-28(20-9-12-21(35-2)13-10-20)23-14-11-19-6-4-5-7-22(19)27(23)32-30(33)37-26/h4-10,12-13,15-17,28H,3,11,14H2,1-2H3/b26-17+/t28-/m0/s1. The zero-order valence-corrected chi connectivity index (χ0v) is 22.9. The average molecular weight is 574 g/mol. The van der Waals surface area contributed by atoms with E-state index in [9.17, 15) is 4.79 Å². The number of halogens is 1. The van der Waals surface area contributed by atoms with Crippen molar-refractivity contribution in [1.82, 2.24) is 4.57 Å². The van der Waals surface area contributed by atoms with E-state index >= 15 is 0 Å². The summed E-state index contributed by atoms with van der Waals surface area (Å²) in [7, 11) is 1.66. The maximum Gasteiger partial charge on any atom is 0.271 e. The Morgan fingerprint density at radius 1 is 1.11 bits per heavy atom. The van der Waals surface area contributed by atoms with E-state index < -0.39 is 0 Å². The Labute approximate surface area is 227 Å². The Kier molecular flexibility index (Phi) is 6.34. The monoisotopic (exact) mass is 572 g/mol. The molecular weight excluding hydrogens is 548 g/mol. The first-order valence-electron chi connectivity index (χ1n) is 12.3. The average Bonchev–Trinajstić information content (AvgIpc) is 3.23. The number of thiazole rings is 1. The summed E-state index contributed by atoms with van der Waals surface area (Å²) >= 11 is 5.02. The maximum absolute atomic E-state index is 13.9. The van der Waals surface area contributed by atoms with E-state index in [1.54, 1.807) is 7.11 Å². The van der Waals surface area contributed by atoms with Gasteiger partial charge in [-0.25, -0.2) is 4.99 Å². The number of allylic oxidation sites excluding steroid dienone is 1. The molecule has 4 aromatic rings. The molecule has 1 aromatic heterocycles. The zero-order chi connectivity index (χ0) is 25.5. The van der Waals surface area contributed by atoms with Gasteiger partial charge in [0.2, 0.25) is 0 Å². The molecular formula is C30H25BrN2O3S. The SMILES string of the molecule is CCOc1ccc(/C=c2/sc3n(c2=O)[C@@H](c2ccc(OC)cc2)C2=C(N=3)c3ccccc3CC2)cc1Br. The van der Waals surface area contributed by atoms with E-state index in [4.69, 9.17) is 14.5 Å². The predicted molar refractivity (Wildman–Crippen MR) is 151 cm³/mol. The van der Waals surface area contributed by atoms with E-state index in [-0.39, 0.29) is 11.6 Å². The Hall–Kier alpha value is -3.42. The highest BCUT2D eigenvalue weighted by Gasteiger charge is 2.32. The fourth-order valence-electron chi connectivity index (χ4n) is 5.14.